The Balaban J connectivity index is 2.00. The van der Waals surface area contributed by atoms with Crippen LogP contribution in [0.3, 0.4) is 0 Å². The molecule has 2 aromatic rings. The van der Waals surface area contributed by atoms with E-state index in [9.17, 15) is 4.79 Å². The van der Waals surface area contributed by atoms with Gasteiger partial charge in [0.2, 0.25) is 0 Å². The standard InChI is InChI=1S/C21H27N3O2S/c1-5-24(6-2)17-13-11-16(12-14-17)22-21(27)23-20(25)18-9-7-8-10-19(18)26-15(3)4/h7-15H,5-6H2,1-4H3,(H2,22,23,25,27). The highest BCUT2D eigenvalue weighted by Gasteiger charge is 2.14. The van der Waals surface area contributed by atoms with Crippen molar-refractivity contribution in [3.8, 4) is 5.75 Å². The number of ether oxygens (including phenoxy) is 1. The van der Waals surface area contributed by atoms with Crippen molar-refractivity contribution in [2.75, 3.05) is 23.3 Å². The van der Waals surface area contributed by atoms with E-state index >= 15 is 0 Å². The molecule has 27 heavy (non-hydrogen) atoms. The molecule has 2 rings (SSSR count). The number of carbonyl (C=O) groups is 1. The van der Waals surface area contributed by atoms with Gasteiger partial charge in [0.25, 0.3) is 5.91 Å². The average Bonchev–Trinajstić information content (AvgIpc) is 2.64. The van der Waals surface area contributed by atoms with Gasteiger partial charge in [-0.2, -0.15) is 0 Å². The fourth-order valence-electron chi connectivity index (χ4n) is 2.69. The minimum Gasteiger partial charge on any atom is -0.490 e. The summed E-state index contributed by atoms with van der Waals surface area (Å²) in [5.74, 6) is 0.236. The molecule has 6 heteroatoms. The third kappa shape index (κ3) is 5.96. The summed E-state index contributed by atoms with van der Waals surface area (Å²) in [7, 11) is 0. The maximum Gasteiger partial charge on any atom is 0.261 e. The number of benzene rings is 2. The molecule has 2 aromatic carbocycles. The molecule has 144 valence electrons. The second-order valence-corrected chi connectivity index (χ2v) is 6.70. The molecule has 0 aliphatic rings. The van der Waals surface area contributed by atoms with Gasteiger partial charge in [-0.1, -0.05) is 12.1 Å². The summed E-state index contributed by atoms with van der Waals surface area (Å²) in [6.45, 7) is 10.00. The maximum absolute atomic E-state index is 12.5. The summed E-state index contributed by atoms with van der Waals surface area (Å²) >= 11 is 5.28. The zero-order valence-electron chi connectivity index (χ0n) is 16.3. The molecule has 0 radical (unpaired) electrons. The third-order valence-corrected chi connectivity index (χ3v) is 4.18. The molecule has 0 spiro atoms. The number of carbonyl (C=O) groups excluding carboxylic acids is 1. The van der Waals surface area contributed by atoms with Crippen LogP contribution in [0.4, 0.5) is 11.4 Å². The van der Waals surface area contributed by atoms with E-state index in [1.54, 1.807) is 18.2 Å². The Hall–Kier alpha value is -2.60. The Morgan fingerprint density at radius 1 is 1.07 bits per heavy atom. The summed E-state index contributed by atoms with van der Waals surface area (Å²) in [6, 6.07) is 15.1. The molecule has 0 bridgehead atoms. The quantitative estimate of drug-likeness (QED) is 0.690. The number of hydrogen-bond donors (Lipinski definition) is 2. The van der Waals surface area contributed by atoms with E-state index in [2.05, 4.69) is 29.4 Å². The van der Waals surface area contributed by atoms with Crippen LogP contribution in [0.5, 0.6) is 5.75 Å². The molecule has 5 nitrogen and oxygen atoms in total. The van der Waals surface area contributed by atoms with Crippen LogP contribution in [0, 0.1) is 0 Å². The number of thiocarbonyl (C=S) groups is 1. The summed E-state index contributed by atoms with van der Waals surface area (Å²) in [6.07, 6.45) is -0.0200. The summed E-state index contributed by atoms with van der Waals surface area (Å²) in [5.41, 5.74) is 2.43. The van der Waals surface area contributed by atoms with E-state index < -0.39 is 0 Å². The first-order valence-electron chi connectivity index (χ1n) is 9.17. The van der Waals surface area contributed by atoms with Crippen molar-refractivity contribution < 1.29 is 9.53 Å². The first-order chi connectivity index (χ1) is 12.9. The normalized spacial score (nSPS) is 10.4. The number of anilines is 2. The largest absolute Gasteiger partial charge is 0.490 e. The van der Waals surface area contributed by atoms with Gasteiger partial charge in [-0.3, -0.25) is 10.1 Å². The average molecular weight is 386 g/mol. The van der Waals surface area contributed by atoms with Crippen molar-refractivity contribution >= 4 is 34.6 Å². The lowest BCUT2D eigenvalue weighted by molar-refractivity contribution is 0.0972. The van der Waals surface area contributed by atoms with Gasteiger partial charge in [-0.15, -0.1) is 0 Å². The van der Waals surface area contributed by atoms with Gasteiger partial charge < -0.3 is 15.0 Å². The SMILES string of the molecule is CCN(CC)c1ccc(NC(=S)NC(=O)c2ccccc2OC(C)C)cc1. The minimum absolute atomic E-state index is 0.0200. The van der Waals surface area contributed by atoms with E-state index in [1.165, 1.54) is 0 Å². The Labute approximate surface area is 166 Å². The molecule has 1 amide bonds. The lowest BCUT2D eigenvalue weighted by Crippen LogP contribution is -2.34. The second-order valence-electron chi connectivity index (χ2n) is 6.29. The van der Waals surface area contributed by atoms with Crippen LogP contribution in [0.1, 0.15) is 38.1 Å². The Morgan fingerprint density at radius 2 is 1.70 bits per heavy atom. The number of nitrogens with one attached hydrogen (secondary N) is 2. The maximum atomic E-state index is 12.5. The zero-order chi connectivity index (χ0) is 19.8. The number of nitrogens with zero attached hydrogens (tertiary/aromatic N) is 1. The molecule has 2 N–H and O–H groups in total. The Bertz CT molecular complexity index is 771. The van der Waals surface area contributed by atoms with Crippen molar-refractivity contribution in [1.29, 1.82) is 0 Å². The van der Waals surface area contributed by atoms with E-state index in [-0.39, 0.29) is 17.1 Å². The van der Waals surface area contributed by atoms with Crippen molar-refractivity contribution in [1.82, 2.24) is 5.32 Å². The van der Waals surface area contributed by atoms with E-state index in [0.717, 1.165) is 24.5 Å². The highest BCUT2D eigenvalue weighted by atomic mass is 32.1. The lowest BCUT2D eigenvalue weighted by Gasteiger charge is -2.21. The van der Waals surface area contributed by atoms with E-state index in [4.69, 9.17) is 17.0 Å². The van der Waals surface area contributed by atoms with Crippen molar-refractivity contribution in [3.63, 3.8) is 0 Å². The lowest BCUT2D eigenvalue weighted by atomic mass is 10.2. The van der Waals surface area contributed by atoms with Crippen LogP contribution in [0.2, 0.25) is 0 Å². The van der Waals surface area contributed by atoms with Crippen molar-refractivity contribution in [2.45, 2.75) is 33.8 Å². The van der Waals surface area contributed by atoms with Crippen LogP contribution >= 0.6 is 12.2 Å². The number of amides is 1. The van der Waals surface area contributed by atoms with E-state index in [0.29, 0.717) is 11.3 Å². The van der Waals surface area contributed by atoms with Crippen molar-refractivity contribution in [2.24, 2.45) is 0 Å². The van der Waals surface area contributed by atoms with Crippen LogP contribution in [0.15, 0.2) is 48.5 Å². The highest BCUT2D eigenvalue weighted by molar-refractivity contribution is 7.80. The first kappa shape index (κ1) is 20.7. The van der Waals surface area contributed by atoms with Gasteiger partial charge >= 0.3 is 0 Å². The summed E-state index contributed by atoms with van der Waals surface area (Å²) in [5, 5.41) is 6.00. The van der Waals surface area contributed by atoms with Gasteiger partial charge in [-0.25, -0.2) is 0 Å². The van der Waals surface area contributed by atoms with E-state index in [1.807, 2.05) is 44.2 Å². The molecule has 0 saturated heterocycles. The predicted molar refractivity (Wildman–Crippen MR) is 116 cm³/mol. The van der Waals surface area contributed by atoms with Crippen LogP contribution in [-0.2, 0) is 0 Å². The fraction of sp³-hybridized carbons (Fsp3) is 0.333. The molecule has 0 aliphatic heterocycles. The smallest absolute Gasteiger partial charge is 0.261 e. The third-order valence-electron chi connectivity index (χ3n) is 3.98. The molecule has 0 fully saturated rings. The van der Waals surface area contributed by atoms with Crippen LogP contribution in [0.25, 0.3) is 0 Å². The van der Waals surface area contributed by atoms with Crippen molar-refractivity contribution in [3.05, 3.63) is 54.1 Å². The fourth-order valence-corrected chi connectivity index (χ4v) is 2.90. The Kier molecular flexibility index (Phi) is 7.61. The summed E-state index contributed by atoms with van der Waals surface area (Å²) in [4.78, 5) is 14.8. The topological polar surface area (TPSA) is 53.6 Å². The van der Waals surface area contributed by atoms with Gasteiger partial charge in [0, 0.05) is 24.5 Å². The number of rotatable bonds is 7. The second kappa shape index (κ2) is 9.92. The molecular formula is C21H27N3O2S. The molecule has 0 saturated carbocycles. The molecule has 0 aliphatic carbocycles. The predicted octanol–water partition coefficient (Wildman–Crippen LogP) is 4.45. The van der Waals surface area contributed by atoms with Crippen LogP contribution in [-0.4, -0.2) is 30.2 Å². The van der Waals surface area contributed by atoms with Gasteiger partial charge in [0.1, 0.15) is 5.75 Å². The number of hydrogen-bond acceptors (Lipinski definition) is 4. The van der Waals surface area contributed by atoms with Gasteiger partial charge in [0.15, 0.2) is 5.11 Å². The zero-order valence-corrected chi connectivity index (χ0v) is 17.1. The monoisotopic (exact) mass is 385 g/mol. The minimum atomic E-state index is -0.302. The molecule has 0 heterocycles. The first-order valence-corrected chi connectivity index (χ1v) is 9.58. The summed E-state index contributed by atoms with van der Waals surface area (Å²) < 4.78 is 5.69. The van der Waals surface area contributed by atoms with Gasteiger partial charge in [0.05, 0.1) is 11.7 Å². The van der Waals surface area contributed by atoms with Crippen LogP contribution < -0.4 is 20.3 Å². The van der Waals surface area contributed by atoms with Gasteiger partial charge in [-0.05, 0) is 76.3 Å². The number of para-hydroxylation sites is 1. The highest BCUT2D eigenvalue weighted by Crippen LogP contribution is 2.20. The molecule has 0 aromatic heterocycles. The molecule has 0 atom stereocenters. The molecule has 0 unspecified atom stereocenters. The molecular weight excluding hydrogens is 358 g/mol. The Morgan fingerprint density at radius 3 is 2.30 bits per heavy atom.